The number of benzene rings is 1. The number of hydrogen-bond donors (Lipinski definition) is 3. The fourth-order valence-corrected chi connectivity index (χ4v) is 4.82. The van der Waals surface area contributed by atoms with Crippen LogP contribution in [0.5, 0.6) is 0 Å². The van der Waals surface area contributed by atoms with Gasteiger partial charge in [-0.3, -0.25) is 20.0 Å². The van der Waals surface area contributed by atoms with Crippen molar-refractivity contribution < 1.29 is 9.59 Å². The first-order valence-corrected chi connectivity index (χ1v) is 11.2. The van der Waals surface area contributed by atoms with Crippen molar-refractivity contribution in [2.45, 2.75) is 38.6 Å². The highest BCUT2D eigenvalue weighted by Gasteiger charge is 2.44. The molecule has 4 rings (SSSR count). The minimum atomic E-state index is -0.640. The number of likely N-dealkylation sites (tertiary alicyclic amines) is 1. The fourth-order valence-electron chi connectivity index (χ4n) is 4.82. The monoisotopic (exact) mass is 421 g/mol. The molecule has 1 aromatic carbocycles. The molecule has 2 aromatic rings. The van der Waals surface area contributed by atoms with Gasteiger partial charge < -0.3 is 10.2 Å². The summed E-state index contributed by atoms with van der Waals surface area (Å²) in [6, 6.07) is 12.0. The van der Waals surface area contributed by atoms with E-state index in [0.717, 1.165) is 42.5 Å². The van der Waals surface area contributed by atoms with Crippen LogP contribution in [0.15, 0.2) is 48.8 Å². The Hall–Kier alpha value is -2.77. The number of carbonyl (C=O) groups is 2. The van der Waals surface area contributed by atoms with Gasteiger partial charge in [-0.25, -0.2) is 5.43 Å². The third kappa shape index (κ3) is 4.62. The van der Waals surface area contributed by atoms with Gasteiger partial charge in [-0.1, -0.05) is 24.3 Å². The zero-order valence-electron chi connectivity index (χ0n) is 18.1. The van der Waals surface area contributed by atoms with Crippen molar-refractivity contribution >= 4 is 11.8 Å². The Morgan fingerprint density at radius 3 is 2.77 bits per heavy atom. The maximum Gasteiger partial charge on any atom is 0.241 e. The molecule has 2 fully saturated rings. The Kier molecular flexibility index (Phi) is 6.63. The second-order valence-corrected chi connectivity index (χ2v) is 8.49. The van der Waals surface area contributed by atoms with E-state index in [-0.39, 0.29) is 17.9 Å². The molecule has 2 aliphatic heterocycles. The molecule has 3 N–H and O–H groups in total. The van der Waals surface area contributed by atoms with E-state index in [0.29, 0.717) is 26.1 Å². The van der Waals surface area contributed by atoms with Crippen LogP contribution in [0.25, 0.3) is 11.1 Å². The summed E-state index contributed by atoms with van der Waals surface area (Å²) in [7, 11) is 0. The van der Waals surface area contributed by atoms with E-state index < -0.39 is 5.41 Å². The Balaban J connectivity index is 1.65. The van der Waals surface area contributed by atoms with Crippen LogP contribution >= 0.6 is 0 Å². The minimum Gasteiger partial charge on any atom is -0.356 e. The standard InChI is InChI=1S/C24H31N5O2/c1-2-26-23(31)24(11-5-15-29(17-24)22(30)21-10-14-27-28-21)16-19-6-3-4-7-20(19)18-8-12-25-13-9-18/h3-4,6-9,12-13,21,27-28H,2,5,10-11,14-17H2,1H3,(H,26,31). The van der Waals surface area contributed by atoms with Crippen LogP contribution in [0.3, 0.4) is 0 Å². The van der Waals surface area contributed by atoms with Crippen LogP contribution in [0.4, 0.5) is 0 Å². The van der Waals surface area contributed by atoms with Crippen LogP contribution in [0.2, 0.25) is 0 Å². The van der Waals surface area contributed by atoms with E-state index in [1.807, 2.05) is 36.1 Å². The largest absolute Gasteiger partial charge is 0.356 e. The number of hydrogen-bond acceptors (Lipinski definition) is 5. The molecule has 7 heteroatoms. The summed E-state index contributed by atoms with van der Waals surface area (Å²) in [6.45, 7) is 4.45. The SMILES string of the molecule is CCNC(=O)C1(Cc2ccccc2-c2ccncc2)CCCN(C(=O)C2CCNN2)C1. The summed E-state index contributed by atoms with van der Waals surface area (Å²) in [5.41, 5.74) is 8.78. The van der Waals surface area contributed by atoms with Crippen LogP contribution in [0.1, 0.15) is 31.7 Å². The second kappa shape index (κ2) is 9.58. The van der Waals surface area contributed by atoms with Gasteiger partial charge in [-0.05, 0) is 61.4 Å². The molecule has 0 spiro atoms. The number of carbonyl (C=O) groups excluding carboxylic acids is 2. The van der Waals surface area contributed by atoms with E-state index in [1.54, 1.807) is 12.4 Å². The normalized spacial score (nSPS) is 23.5. The average Bonchev–Trinajstić information content (AvgIpc) is 3.35. The topological polar surface area (TPSA) is 86.4 Å². The first kappa shape index (κ1) is 21.5. The molecule has 0 bridgehead atoms. The van der Waals surface area contributed by atoms with Gasteiger partial charge in [-0.15, -0.1) is 0 Å². The maximum absolute atomic E-state index is 13.4. The number of aromatic nitrogens is 1. The molecule has 0 aliphatic carbocycles. The summed E-state index contributed by atoms with van der Waals surface area (Å²) in [4.78, 5) is 32.5. The molecule has 1 aromatic heterocycles. The Morgan fingerprint density at radius 2 is 2.03 bits per heavy atom. The van der Waals surface area contributed by atoms with Gasteiger partial charge in [0.2, 0.25) is 11.8 Å². The van der Waals surface area contributed by atoms with E-state index in [2.05, 4.69) is 33.3 Å². The molecule has 0 radical (unpaired) electrons. The zero-order chi connectivity index (χ0) is 21.7. The quantitative estimate of drug-likeness (QED) is 0.663. The van der Waals surface area contributed by atoms with Crippen molar-refractivity contribution in [3.63, 3.8) is 0 Å². The van der Waals surface area contributed by atoms with Gasteiger partial charge in [-0.2, -0.15) is 0 Å². The number of nitrogens with zero attached hydrogens (tertiary/aromatic N) is 2. The van der Waals surface area contributed by atoms with E-state index in [4.69, 9.17) is 0 Å². The number of hydrazine groups is 1. The first-order chi connectivity index (χ1) is 15.1. The highest BCUT2D eigenvalue weighted by molar-refractivity contribution is 5.87. The Labute approximate surface area is 183 Å². The second-order valence-electron chi connectivity index (χ2n) is 8.49. The number of amides is 2. The van der Waals surface area contributed by atoms with Gasteiger partial charge in [0.15, 0.2) is 0 Å². The molecule has 164 valence electrons. The molecule has 3 heterocycles. The molecule has 7 nitrogen and oxygen atoms in total. The number of piperidine rings is 1. The van der Waals surface area contributed by atoms with Crippen molar-refractivity contribution in [1.82, 2.24) is 26.1 Å². The lowest BCUT2D eigenvalue weighted by molar-refractivity contribution is -0.142. The summed E-state index contributed by atoms with van der Waals surface area (Å²) < 4.78 is 0. The van der Waals surface area contributed by atoms with Crippen LogP contribution in [-0.2, 0) is 16.0 Å². The highest BCUT2D eigenvalue weighted by atomic mass is 16.2. The molecule has 2 unspecified atom stereocenters. The van der Waals surface area contributed by atoms with Crippen LogP contribution < -0.4 is 16.2 Å². The molecule has 0 saturated carbocycles. The first-order valence-electron chi connectivity index (χ1n) is 11.2. The number of nitrogens with one attached hydrogen (secondary N) is 3. The van der Waals surface area contributed by atoms with Crippen LogP contribution in [-0.4, -0.2) is 53.9 Å². The lowest BCUT2D eigenvalue weighted by Crippen LogP contribution is -2.57. The number of pyridine rings is 1. The molecule has 31 heavy (non-hydrogen) atoms. The summed E-state index contributed by atoms with van der Waals surface area (Å²) in [6.07, 6.45) is 6.53. The third-order valence-electron chi connectivity index (χ3n) is 6.38. The van der Waals surface area contributed by atoms with E-state index in [9.17, 15) is 9.59 Å². The summed E-state index contributed by atoms with van der Waals surface area (Å²) in [5.74, 6) is 0.121. The van der Waals surface area contributed by atoms with Crippen LogP contribution in [0, 0.1) is 5.41 Å². The number of rotatable bonds is 6. The molecule has 2 amide bonds. The van der Waals surface area contributed by atoms with Gasteiger partial charge in [0.25, 0.3) is 0 Å². The van der Waals surface area contributed by atoms with Gasteiger partial charge in [0.1, 0.15) is 6.04 Å². The molecular weight excluding hydrogens is 390 g/mol. The molecule has 2 atom stereocenters. The molecule has 2 saturated heterocycles. The van der Waals surface area contributed by atoms with Crippen molar-refractivity contribution in [3.05, 3.63) is 54.4 Å². The fraction of sp³-hybridized carbons (Fsp3) is 0.458. The maximum atomic E-state index is 13.4. The van der Waals surface area contributed by atoms with E-state index in [1.165, 1.54) is 0 Å². The Bertz CT molecular complexity index is 913. The van der Waals surface area contributed by atoms with Gasteiger partial charge in [0.05, 0.1) is 5.41 Å². The van der Waals surface area contributed by atoms with Gasteiger partial charge >= 0.3 is 0 Å². The average molecular weight is 422 g/mol. The summed E-state index contributed by atoms with van der Waals surface area (Å²) in [5, 5.41) is 3.05. The third-order valence-corrected chi connectivity index (χ3v) is 6.38. The molecular formula is C24H31N5O2. The lowest BCUT2D eigenvalue weighted by atomic mass is 9.73. The van der Waals surface area contributed by atoms with E-state index >= 15 is 0 Å². The van der Waals surface area contributed by atoms with Crippen molar-refractivity contribution in [2.24, 2.45) is 5.41 Å². The van der Waals surface area contributed by atoms with Crippen molar-refractivity contribution in [3.8, 4) is 11.1 Å². The van der Waals surface area contributed by atoms with Gasteiger partial charge in [0, 0.05) is 38.6 Å². The van der Waals surface area contributed by atoms with Crippen molar-refractivity contribution in [1.29, 1.82) is 0 Å². The predicted octanol–water partition coefficient (Wildman–Crippen LogP) is 1.90. The lowest BCUT2D eigenvalue weighted by Gasteiger charge is -2.42. The molecule has 2 aliphatic rings. The Morgan fingerprint density at radius 1 is 1.23 bits per heavy atom. The minimum absolute atomic E-state index is 0.0366. The highest BCUT2D eigenvalue weighted by Crippen LogP contribution is 2.37. The van der Waals surface area contributed by atoms with Crippen molar-refractivity contribution in [2.75, 3.05) is 26.2 Å². The smallest absolute Gasteiger partial charge is 0.241 e. The summed E-state index contributed by atoms with van der Waals surface area (Å²) >= 11 is 0. The predicted molar refractivity (Wildman–Crippen MR) is 120 cm³/mol. The zero-order valence-corrected chi connectivity index (χ0v) is 18.1.